The predicted octanol–water partition coefficient (Wildman–Crippen LogP) is 1.22. The smallest absolute Gasteiger partial charge is 0.259 e. The van der Waals surface area contributed by atoms with Crippen LogP contribution in [0.4, 0.5) is 0 Å². The van der Waals surface area contributed by atoms with Crippen molar-refractivity contribution in [3.05, 3.63) is 30.5 Å². The normalized spacial score (nSPS) is 12.9. The van der Waals surface area contributed by atoms with Crippen molar-refractivity contribution in [2.45, 2.75) is 19.9 Å². The summed E-state index contributed by atoms with van der Waals surface area (Å²) < 4.78 is 1.72. The maximum atomic E-state index is 11.8. The van der Waals surface area contributed by atoms with Crippen molar-refractivity contribution in [3.63, 3.8) is 0 Å². The first-order valence-corrected chi connectivity index (χ1v) is 5.58. The van der Waals surface area contributed by atoms with Gasteiger partial charge in [0.05, 0.1) is 11.7 Å². The number of fused-ring (bicyclic) bond motifs is 1. The summed E-state index contributed by atoms with van der Waals surface area (Å²) in [5.74, 6) is 5.11. The van der Waals surface area contributed by atoms with Crippen molar-refractivity contribution in [1.29, 1.82) is 0 Å². The molecule has 0 spiro atoms. The number of nitrogens with one attached hydrogen (secondary N) is 1. The van der Waals surface area contributed by atoms with Crippen LogP contribution in [-0.4, -0.2) is 15.7 Å². The quantitative estimate of drug-likeness (QED) is 0.475. The number of nitrogens with zero attached hydrogens (tertiary/aromatic N) is 2. The Kier molecular flexibility index (Phi) is 3.10. The molecule has 90 valence electrons. The molecule has 1 unspecified atom stereocenters. The van der Waals surface area contributed by atoms with E-state index in [-0.39, 0.29) is 17.9 Å². The van der Waals surface area contributed by atoms with Crippen LogP contribution in [0.5, 0.6) is 0 Å². The summed E-state index contributed by atoms with van der Waals surface area (Å²) in [7, 11) is 0. The fourth-order valence-corrected chi connectivity index (χ4v) is 2.00. The number of amides is 1. The minimum Gasteiger partial charge on any atom is -0.292 e. The van der Waals surface area contributed by atoms with E-state index in [4.69, 9.17) is 5.84 Å². The second-order valence-corrected chi connectivity index (χ2v) is 4.35. The molecule has 0 bridgehead atoms. The lowest BCUT2D eigenvalue weighted by molar-refractivity contribution is -0.125. The zero-order valence-electron chi connectivity index (χ0n) is 9.92. The number of para-hydroxylation sites is 1. The summed E-state index contributed by atoms with van der Waals surface area (Å²) in [6.07, 6.45) is 1.76. The molecule has 5 nitrogen and oxygen atoms in total. The van der Waals surface area contributed by atoms with E-state index in [1.807, 2.05) is 38.1 Å². The average molecular weight is 232 g/mol. The molecule has 2 aromatic rings. The molecule has 1 aromatic heterocycles. The van der Waals surface area contributed by atoms with E-state index < -0.39 is 0 Å². The van der Waals surface area contributed by atoms with Gasteiger partial charge in [0.15, 0.2) is 0 Å². The van der Waals surface area contributed by atoms with Gasteiger partial charge >= 0.3 is 0 Å². The maximum Gasteiger partial charge on any atom is 0.259 e. The van der Waals surface area contributed by atoms with Crippen molar-refractivity contribution >= 4 is 16.8 Å². The number of carbonyl (C=O) groups is 1. The highest BCUT2D eigenvalue weighted by molar-refractivity contribution is 5.84. The van der Waals surface area contributed by atoms with Crippen LogP contribution in [0.1, 0.15) is 19.9 Å². The molecule has 0 aliphatic heterocycles. The van der Waals surface area contributed by atoms with Crippen LogP contribution in [0.15, 0.2) is 30.5 Å². The van der Waals surface area contributed by atoms with E-state index in [9.17, 15) is 4.79 Å². The Morgan fingerprint density at radius 3 is 2.76 bits per heavy atom. The van der Waals surface area contributed by atoms with E-state index in [1.165, 1.54) is 0 Å². The highest BCUT2D eigenvalue weighted by atomic mass is 16.2. The number of rotatable bonds is 3. The molecule has 17 heavy (non-hydrogen) atoms. The lowest BCUT2D eigenvalue weighted by atomic mass is 10.0. The monoisotopic (exact) mass is 232 g/mol. The van der Waals surface area contributed by atoms with Crippen LogP contribution in [0.25, 0.3) is 10.9 Å². The lowest BCUT2D eigenvalue weighted by Crippen LogP contribution is -2.39. The van der Waals surface area contributed by atoms with E-state index >= 15 is 0 Å². The van der Waals surface area contributed by atoms with Gasteiger partial charge in [-0.2, -0.15) is 5.10 Å². The molecule has 1 atom stereocenters. The van der Waals surface area contributed by atoms with Gasteiger partial charge in [-0.05, 0) is 12.0 Å². The number of carbonyl (C=O) groups excluding carboxylic acids is 1. The summed E-state index contributed by atoms with van der Waals surface area (Å²) in [6, 6.07) is 7.40. The molecule has 2 rings (SSSR count). The minimum atomic E-state index is -0.389. The Hall–Kier alpha value is -1.88. The van der Waals surface area contributed by atoms with E-state index in [0.717, 1.165) is 10.9 Å². The Morgan fingerprint density at radius 2 is 2.12 bits per heavy atom. The number of hydrazine groups is 1. The first-order valence-electron chi connectivity index (χ1n) is 5.58. The zero-order chi connectivity index (χ0) is 12.4. The van der Waals surface area contributed by atoms with E-state index in [1.54, 1.807) is 10.9 Å². The minimum absolute atomic E-state index is 0.113. The standard InChI is InChI=1S/C12H16N4O/c1-8(2)11(12(17)15-13)16-10-6-4-3-5-9(10)7-14-16/h3-8,11H,13H2,1-2H3,(H,15,17). The number of nitrogens with two attached hydrogens (primary N) is 1. The van der Waals surface area contributed by atoms with Gasteiger partial charge in [-0.15, -0.1) is 0 Å². The molecule has 1 aromatic carbocycles. The maximum absolute atomic E-state index is 11.8. The van der Waals surface area contributed by atoms with Gasteiger partial charge in [0, 0.05) is 5.39 Å². The first-order chi connectivity index (χ1) is 8.15. The fraction of sp³-hybridized carbons (Fsp3) is 0.333. The van der Waals surface area contributed by atoms with E-state index in [0.29, 0.717) is 0 Å². The van der Waals surface area contributed by atoms with Gasteiger partial charge in [0.25, 0.3) is 5.91 Å². The van der Waals surface area contributed by atoms with Crippen LogP contribution in [0.2, 0.25) is 0 Å². The number of aromatic nitrogens is 2. The summed E-state index contributed by atoms with van der Waals surface area (Å²) >= 11 is 0. The second-order valence-electron chi connectivity index (χ2n) is 4.35. The molecular formula is C12H16N4O. The molecule has 0 aliphatic carbocycles. The Morgan fingerprint density at radius 1 is 1.41 bits per heavy atom. The number of hydrogen-bond donors (Lipinski definition) is 2. The highest BCUT2D eigenvalue weighted by Crippen LogP contribution is 2.23. The van der Waals surface area contributed by atoms with Gasteiger partial charge in [-0.1, -0.05) is 32.0 Å². The van der Waals surface area contributed by atoms with Crippen LogP contribution in [-0.2, 0) is 4.79 Å². The van der Waals surface area contributed by atoms with Crippen molar-refractivity contribution in [2.75, 3.05) is 0 Å². The van der Waals surface area contributed by atoms with Crippen molar-refractivity contribution in [2.24, 2.45) is 11.8 Å². The van der Waals surface area contributed by atoms with E-state index in [2.05, 4.69) is 10.5 Å². The van der Waals surface area contributed by atoms with Gasteiger partial charge in [-0.3, -0.25) is 14.9 Å². The van der Waals surface area contributed by atoms with Gasteiger partial charge in [0.2, 0.25) is 0 Å². The summed E-state index contributed by atoms with van der Waals surface area (Å²) in [5.41, 5.74) is 3.14. The highest BCUT2D eigenvalue weighted by Gasteiger charge is 2.25. The molecule has 0 saturated carbocycles. The fourth-order valence-electron chi connectivity index (χ4n) is 2.00. The second kappa shape index (κ2) is 4.55. The lowest BCUT2D eigenvalue weighted by Gasteiger charge is -2.20. The zero-order valence-corrected chi connectivity index (χ0v) is 9.92. The molecule has 0 saturated heterocycles. The molecule has 1 heterocycles. The molecule has 0 fully saturated rings. The molecule has 0 radical (unpaired) electrons. The Bertz CT molecular complexity index is 532. The van der Waals surface area contributed by atoms with Gasteiger partial charge < -0.3 is 0 Å². The van der Waals surface area contributed by atoms with Crippen molar-refractivity contribution in [3.8, 4) is 0 Å². The largest absolute Gasteiger partial charge is 0.292 e. The van der Waals surface area contributed by atoms with Crippen molar-refractivity contribution < 1.29 is 4.79 Å². The van der Waals surface area contributed by atoms with Crippen molar-refractivity contribution in [1.82, 2.24) is 15.2 Å². The first kappa shape index (κ1) is 11.6. The topological polar surface area (TPSA) is 72.9 Å². The summed E-state index contributed by atoms with van der Waals surface area (Å²) in [5, 5.41) is 5.30. The molecule has 1 amide bonds. The Labute approximate surface area is 99.6 Å². The van der Waals surface area contributed by atoms with Gasteiger partial charge in [-0.25, -0.2) is 5.84 Å². The molecule has 3 N–H and O–H groups in total. The molecular weight excluding hydrogens is 216 g/mol. The van der Waals surface area contributed by atoms with Crippen LogP contribution in [0.3, 0.4) is 0 Å². The number of benzene rings is 1. The Balaban J connectivity index is 2.53. The third-order valence-electron chi connectivity index (χ3n) is 2.81. The van der Waals surface area contributed by atoms with Crippen LogP contribution in [0, 0.1) is 5.92 Å². The third kappa shape index (κ3) is 2.01. The molecule has 0 aliphatic rings. The third-order valence-corrected chi connectivity index (χ3v) is 2.81. The van der Waals surface area contributed by atoms with Gasteiger partial charge in [0.1, 0.15) is 6.04 Å². The molecule has 5 heteroatoms. The SMILES string of the molecule is CC(C)C(C(=O)NN)n1ncc2ccccc21. The predicted molar refractivity (Wildman–Crippen MR) is 65.9 cm³/mol. The summed E-state index contributed by atoms with van der Waals surface area (Å²) in [6.45, 7) is 3.94. The average Bonchev–Trinajstić information content (AvgIpc) is 2.73. The van der Waals surface area contributed by atoms with Crippen LogP contribution >= 0.6 is 0 Å². The van der Waals surface area contributed by atoms with Crippen LogP contribution < -0.4 is 11.3 Å². The number of hydrogen-bond acceptors (Lipinski definition) is 3. The summed E-state index contributed by atoms with van der Waals surface area (Å²) in [4.78, 5) is 11.8.